The zero-order valence-corrected chi connectivity index (χ0v) is 17.7. The SMILES string of the molecule is C/C(=N\NC(=O)c1nn(Cc2ccccc2)c(=O)c2ccccc12)c1cc(C)ccc1O. The molecule has 0 bridgehead atoms. The maximum absolute atomic E-state index is 13.0. The Bertz CT molecular complexity index is 1390. The van der Waals surface area contributed by atoms with Gasteiger partial charge in [0.05, 0.1) is 17.6 Å². The maximum Gasteiger partial charge on any atom is 0.292 e. The average molecular weight is 426 g/mol. The van der Waals surface area contributed by atoms with Crippen LogP contribution in [0.3, 0.4) is 0 Å². The van der Waals surface area contributed by atoms with Crippen LogP contribution in [0.25, 0.3) is 10.8 Å². The van der Waals surface area contributed by atoms with Gasteiger partial charge in [-0.25, -0.2) is 10.1 Å². The van der Waals surface area contributed by atoms with Crippen molar-refractivity contribution in [2.75, 3.05) is 0 Å². The van der Waals surface area contributed by atoms with Gasteiger partial charge in [-0.15, -0.1) is 0 Å². The minimum atomic E-state index is -0.547. The van der Waals surface area contributed by atoms with Crippen LogP contribution in [0.2, 0.25) is 0 Å². The third kappa shape index (κ3) is 4.27. The van der Waals surface area contributed by atoms with E-state index in [9.17, 15) is 14.7 Å². The number of hydrogen-bond acceptors (Lipinski definition) is 5. The molecule has 0 atom stereocenters. The minimum Gasteiger partial charge on any atom is -0.507 e. The molecule has 7 heteroatoms. The van der Waals surface area contributed by atoms with E-state index in [-0.39, 0.29) is 23.5 Å². The summed E-state index contributed by atoms with van der Waals surface area (Å²) in [5.74, 6) is -0.472. The third-order valence-electron chi connectivity index (χ3n) is 5.12. The van der Waals surface area contributed by atoms with E-state index in [0.717, 1.165) is 11.1 Å². The molecule has 0 fully saturated rings. The molecule has 1 amide bonds. The van der Waals surface area contributed by atoms with Gasteiger partial charge >= 0.3 is 0 Å². The number of benzene rings is 3. The van der Waals surface area contributed by atoms with Crippen LogP contribution in [0, 0.1) is 6.92 Å². The predicted octanol–water partition coefficient (Wildman–Crippen LogP) is 3.61. The number of hydrazone groups is 1. The van der Waals surface area contributed by atoms with Crippen LogP contribution in [0.5, 0.6) is 5.75 Å². The van der Waals surface area contributed by atoms with Crippen LogP contribution in [-0.2, 0) is 6.54 Å². The van der Waals surface area contributed by atoms with Crippen LogP contribution in [0.1, 0.15) is 34.1 Å². The molecule has 0 radical (unpaired) electrons. The van der Waals surface area contributed by atoms with E-state index in [1.807, 2.05) is 37.3 Å². The van der Waals surface area contributed by atoms with Gasteiger partial charge in [0.1, 0.15) is 5.75 Å². The Labute approximate surface area is 184 Å². The highest BCUT2D eigenvalue weighted by Gasteiger charge is 2.17. The summed E-state index contributed by atoms with van der Waals surface area (Å²) in [6.07, 6.45) is 0. The number of aromatic nitrogens is 2. The van der Waals surface area contributed by atoms with Crippen molar-refractivity contribution in [1.29, 1.82) is 0 Å². The van der Waals surface area contributed by atoms with Crippen LogP contribution in [0.4, 0.5) is 0 Å². The van der Waals surface area contributed by atoms with Crippen molar-refractivity contribution in [1.82, 2.24) is 15.2 Å². The smallest absolute Gasteiger partial charge is 0.292 e. The summed E-state index contributed by atoms with van der Waals surface area (Å²) in [7, 11) is 0. The highest BCUT2D eigenvalue weighted by molar-refractivity contribution is 6.06. The molecule has 1 heterocycles. The lowest BCUT2D eigenvalue weighted by molar-refractivity contribution is 0.0949. The van der Waals surface area contributed by atoms with Gasteiger partial charge in [0.15, 0.2) is 5.69 Å². The summed E-state index contributed by atoms with van der Waals surface area (Å²) >= 11 is 0. The Morgan fingerprint density at radius 2 is 1.72 bits per heavy atom. The maximum atomic E-state index is 13.0. The van der Waals surface area contributed by atoms with Crippen LogP contribution >= 0.6 is 0 Å². The number of carbonyl (C=O) groups is 1. The topological polar surface area (TPSA) is 96.6 Å². The molecule has 0 unspecified atom stereocenters. The number of phenols is 1. The number of aryl methyl sites for hydroxylation is 1. The molecule has 0 aliphatic rings. The van der Waals surface area contributed by atoms with Crippen molar-refractivity contribution in [3.63, 3.8) is 0 Å². The van der Waals surface area contributed by atoms with Gasteiger partial charge in [-0.3, -0.25) is 9.59 Å². The molecule has 32 heavy (non-hydrogen) atoms. The zero-order valence-electron chi connectivity index (χ0n) is 17.7. The lowest BCUT2D eigenvalue weighted by Crippen LogP contribution is -2.29. The number of carbonyl (C=O) groups excluding carboxylic acids is 1. The van der Waals surface area contributed by atoms with Crippen molar-refractivity contribution in [3.05, 3.63) is 106 Å². The van der Waals surface area contributed by atoms with Gasteiger partial charge < -0.3 is 5.11 Å². The van der Waals surface area contributed by atoms with Gasteiger partial charge in [0.25, 0.3) is 11.5 Å². The lowest BCUT2D eigenvalue weighted by Gasteiger charge is -2.11. The van der Waals surface area contributed by atoms with Gasteiger partial charge in [0, 0.05) is 10.9 Å². The number of hydrogen-bond donors (Lipinski definition) is 2. The lowest BCUT2D eigenvalue weighted by atomic mass is 10.1. The minimum absolute atomic E-state index is 0.0751. The first-order chi connectivity index (χ1) is 15.4. The first-order valence-corrected chi connectivity index (χ1v) is 10.1. The summed E-state index contributed by atoms with van der Waals surface area (Å²) in [5, 5.41) is 19.4. The molecular weight excluding hydrogens is 404 g/mol. The number of amides is 1. The Kier molecular flexibility index (Phi) is 5.81. The van der Waals surface area contributed by atoms with E-state index in [1.54, 1.807) is 49.4 Å². The summed E-state index contributed by atoms with van der Waals surface area (Å²) in [6, 6.07) is 21.5. The summed E-state index contributed by atoms with van der Waals surface area (Å²) in [5.41, 5.74) is 5.16. The number of aromatic hydroxyl groups is 1. The quantitative estimate of drug-likeness (QED) is 0.376. The van der Waals surface area contributed by atoms with Crippen LogP contribution in [-0.4, -0.2) is 26.5 Å². The molecule has 4 rings (SSSR count). The summed E-state index contributed by atoms with van der Waals surface area (Å²) < 4.78 is 1.29. The molecule has 2 N–H and O–H groups in total. The van der Waals surface area contributed by atoms with Gasteiger partial charge in [-0.05, 0) is 37.6 Å². The standard InChI is InChI=1S/C25H22N4O3/c1-16-12-13-22(30)21(14-16)17(2)26-27-24(31)23-19-10-6-7-11-20(19)25(32)29(28-23)15-18-8-4-3-5-9-18/h3-14,30H,15H2,1-2H3,(H,27,31)/b26-17+. The van der Waals surface area contributed by atoms with E-state index >= 15 is 0 Å². The van der Waals surface area contributed by atoms with E-state index in [1.165, 1.54) is 4.68 Å². The second-order valence-electron chi connectivity index (χ2n) is 7.50. The Balaban J connectivity index is 1.71. The van der Waals surface area contributed by atoms with Gasteiger partial charge in [-0.2, -0.15) is 10.2 Å². The number of phenolic OH excluding ortho intramolecular Hbond substituents is 1. The molecule has 3 aromatic carbocycles. The van der Waals surface area contributed by atoms with Crippen molar-refractivity contribution in [2.24, 2.45) is 5.10 Å². The molecular formula is C25H22N4O3. The monoisotopic (exact) mass is 426 g/mol. The van der Waals surface area contributed by atoms with E-state index < -0.39 is 5.91 Å². The Morgan fingerprint density at radius 3 is 2.47 bits per heavy atom. The zero-order chi connectivity index (χ0) is 22.7. The fourth-order valence-electron chi connectivity index (χ4n) is 3.45. The molecule has 0 aliphatic carbocycles. The molecule has 0 spiro atoms. The highest BCUT2D eigenvalue weighted by atomic mass is 16.3. The van der Waals surface area contributed by atoms with Crippen molar-refractivity contribution in [3.8, 4) is 5.75 Å². The summed E-state index contributed by atoms with van der Waals surface area (Å²) in [6.45, 7) is 3.84. The van der Waals surface area contributed by atoms with Crippen molar-refractivity contribution in [2.45, 2.75) is 20.4 Å². The molecule has 1 aromatic heterocycles. The molecule has 7 nitrogen and oxygen atoms in total. The van der Waals surface area contributed by atoms with Crippen molar-refractivity contribution < 1.29 is 9.90 Å². The molecule has 0 aliphatic heterocycles. The number of nitrogens with zero attached hydrogens (tertiary/aromatic N) is 3. The molecule has 0 saturated carbocycles. The molecule has 160 valence electrons. The third-order valence-corrected chi connectivity index (χ3v) is 5.12. The fraction of sp³-hybridized carbons (Fsp3) is 0.120. The largest absolute Gasteiger partial charge is 0.507 e. The van der Waals surface area contributed by atoms with E-state index in [0.29, 0.717) is 22.0 Å². The normalized spacial score (nSPS) is 11.5. The molecule has 0 saturated heterocycles. The van der Waals surface area contributed by atoms with Crippen LogP contribution < -0.4 is 11.0 Å². The fourth-order valence-corrected chi connectivity index (χ4v) is 3.45. The van der Waals surface area contributed by atoms with Gasteiger partial charge in [0.2, 0.25) is 0 Å². The van der Waals surface area contributed by atoms with Crippen molar-refractivity contribution >= 4 is 22.4 Å². The highest BCUT2D eigenvalue weighted by Crippen LogP contribution is 2.19. The van der Waals surface area contributed by atoms with E-state index in [2.05, 4.69) is 15.6 Å². The van der Waals surface area contributed by atoms with Gasteiger partial charge in [-0.1, -0.05) is 60.2 Å². The molecule has 4 aromatic rings. The first kappa shape index (κ1) is 21.0. The first-order valence-electron chi connectivity index (χ1n) is 10.1. The predicted molar refractivity (Wildman–Crippen MR) is 124 cm³/mol. The number of nitrogens with one attached hydrogen (secondary N) is 1. The van der Waals surface area contributed by atoms with E-state index in [4.69, 9.17) is 0 Å². The number of fused-ring (bicyclic) bond motifs is 1. The average Bonchev–Trinajstić information content (AvgIpc) is 2.81. The Morgan fingerprint density at radius 1 is 1.03 bits per heavy atom. The number of rotatable bonds is 5. The Hall–Kier alpha value is -4.26. The second-order valence-corrected chi connectivity index (χ2v) is 7.50. The second kappa shape index (κ2) is 8.85. The van der Waals surface area contributed by atoms with Crippen LogP contribution in [0.15, 0.2) is 82.7 Å². The summed E-state index contributed by atoms with van der Waals surface area (Å²) in [4.78, 5) is 25.9.